The summed E-state index contributed by atoms with van der Waals surface area (Å²) in [6.07, 6.45) is 1.66. The van der Waals surface area contributed by atoms with E-state index in [1.807, 2.05) is 36.4 Å². The average molecular weight is 297 g/mol. The van der Waals surface area contributed by atoms with Crippen LogP contribution in [0, 0.1) is 0 Å². The highest BCUT2D eigenvalue weighted by Gasteiger charge is 2.22. The van der Waals surface area contributed by atoms with Gasteiger partial charge in [-0.05, 0) is 23.3 Å². The Balaban J connectivity index is 1.97. The van der Waals surface area contributed by atoms with Crippen LogP contribution in [0.15, 0.2) is 42.6 Å². The van der Waals surface area contributed by atoms with Gasteiger partial charge in [0.1, 0.15) is 5.69 Å². The lowest BCUT2D eigenvalue weighted by molar-refractivity contribution is 0.0299. The van der Waals surface area contributed by atoms with Gasteiger partial charge < -0.3 is 15.4 Å². The quantitative estimate of drug-likeness (QED) is 0.936. The maximum absolute atomic E-state index is 12.7. The normalized spacial score (nSPS) is 14.9. The molecule has 0 saturated carbocycles. The predicted octanol–water partition coefficient (Wildman–Crippen LogP) is 1.68. The van der Waals surface area contributed by atoms with Gasteiger partial charge in [0.05, 0.1) is 13.2 Å². The first kappa shape index (κ1) is 14.7. The van der Waals surface area contributed by atoms with Gasteiger partial charge in [-0.2, -0.15) is 0 Å². The molecule has 0 spiro atoms. The van der Waals surface area contributed by atoms with Gasteiger partial charge in [-0.15, -0.1) is 0 Å². The van der Waals surface area contributed by atoms with E-state index in [2.05, 4.69) is 4.98 Å². The lowest BCUT2D eigenvalue weighted by Crippen LogP contribution is -2.41. The van der Waals surface area contributed by atoms with Crippen LogP contribution in [0.3, 0.4) is 0 Å². The lowest BCUT2D eigenvalue weighted by Gasteiger charge is -2.27. The highest BCUT2D eigenvalue weighted by molar-refractivity contribution is 5.99. The molecule has 114 valence electrons. The number of nitrogens with zero attached hydrogens (tertiary/aromatic N) is 2. The van der Waals surface area contributed by atoms with E-state index >= 15 is 0 Å². The van der Waals surface area contributed by atoms with Crippen LogP contribution >= 0.6 is 0 Å². The van der Waals surface area contributed by atoms with Gasteiger partial charge in [0.2, 0.25) is 0 Å². The summed E-state index contributed by atoms with van der Waals surface area (Å²) in [6.45, 7) is 2.85. The molecule has 1 aliphatic heterocycles. The van der Waals surface area contributed by atoms with Crippen molar-refractivity contribution in [2.45, 2.75) is 6.54 Å². The highest BCUT2D eigenvalue weighted by atomic mass is 16.5. The summed E-state index contributed by atoms with van der Waals surface area (Å²) in [5.74, 6) is -0.0444. The zero-order chi connectivity index (χ0) is 15.4. The Hall–Kier alpha value is -2.24. The number of carbonyl (C=O) groups is 1. The fourth-order valence-electron chi connectivity index (χ4n) is 2.59. The standard InChI is InChI=1S/C17H19N3O2/c18-12-13-3-1-4-14(11-13)15-5-2-6-19-16(15)17(21)20-7-9-22-10-8-20/h1-6,11H,7-10,12,18H2. The second-order valence-electron chi connectivity index (χ2n) is 5.21. The van der Waals surface area contributed by atoms with Crippen molar-refractivity contribution in [2.24, 2.45) is 5.73 Å². The Morgan fingerprint density at radius 1 is 1.23 bits per heavy atom. The van der Waals surface area contributed by atoms with Crippen LogP contribution < -0.4 is 5.73 Å². The van der Waals surface area contributed by atoms with E-state index in [1.54, 1.807) is 11.1 Å². The third-order valence-corrected chi connectivity index (χ3v) is 3.78. The molecule has 2 heterocycles. The third-order valence-electron chi connectivity index (χ3n) is 3.78. The Morgan fingerprint density at radius 3 is 2.82 bits per heavy atom. The number of nitrogens with two attached hydrogens (primary N) is 1. The number of aromatic nitrogens is 1. The summed E-state index contributed by atoms with van der Waals surface area (Å²) in [5, 5.41) is 0. The van der Waals surface area contributed by atoms with Crippen molar-refractivity contribution in [1.82, 2.24) is 9.88 Å². The Morgan fingerprint density at radius 2 is 2.05 bits per heavy atom. The zero-order valence-electron chi connectivity index (χ0n) is 12.4. The van der Waals surface area contributed by atoms with Crippen LogP contribution in [-0.2, 0) is 11.3 Å². The van der Waals surface area contributed by atoms with Gasteiger partial charge in [0.25, 0.3) is 5.91 Å². The lowest BCUT2D eigenvalue weighted by atomic mass is 10.0. The van der Waals surface area contributed by atoms with E-state index in [0.717, 1.165) is 16.7 Å². The molecule has 0 aliphatic carbocycles. The zero-order valence-corrected chi connectivity index (χ0v) is 12.4. The topological polar surface area (TPSA) is 68.5 Å². The Bertz CT molecular complexity index is 666. The maximum atomic E-state index is 12.7. The molecule has 0 radical (unpaired) electrons. The molecule has 1 aliphatic rings. The molecule has 5 nitrogen and oxygen atoms in total. The monoisotopic (exact) mass is 297 g/mol. The molecule has 1 aromatic heterocycles. The molecule has 1 saturated heterocycles. The van der Waals surface area contributed by atoms with Crippen molar-refractivity contribution >= 4 is 5.91 Å². The van der Waals surface area contributed by atoms with Crippen LogP contribution in [0.1, 0.15) is 16.1 Å². The van der Waals surface area contributed by atoms with E-state index in [0.29, 0.717) is 38.5 Å². The molecular formula is C17H19N3O2. The van der Waals surface area contributed by atoms with Crippen molar-refractivity contribution in [3.05, 3.63) is 53.9 Å². The molecular weight excluding hydrogens is 278 g/mol. The number of amides is 1. The molecule has 22 heavy (non-hydrogen) atoms. The summed E-state index contributed by atoms with van der Waals surface area (Å²) in [7, 11) is 0. The van der Waals surface area contributed by atoms with Crippen molar-refractivity contribution < 1.29 is 9.53 Å². The molecule has 0 bridgehead atoms. The maximum Gasteiger partial charge on any atom is 0.273 e. The van der Waals surface area contributed by atoms with Crippen molar-refractivity contribution in [3.63, 3.8) is 0 Å². The first-order valence-corrected chi connectivity index (χ1v) is 7.41. The van der Waals surface area contributed by atoms with Crippen molar-refractivity contribution in [3.8, 4) is 11.1 Å². The van der Waals surface area contributed by atoms with Crippen molar-refractivity contribution in [1.29, 1.82) is 0 Å². The molecule has 1 fully saturated rings. The van der Waals surface area contributed by atoms with Crippen LogP contribution in [-0.4, -0.2) is 42.1 Å². The number of ether oxygens (including phenoxy) is 1. The molecule has 2 N–H and O–H groups in total. The second kappa shape index (κ2) is 6.68. The van der Waals surface area contributed by atoms with Crippen LogP contribution in [0.2, 0.25) is 0 Å². The minimum atomic E-state index is -0.0444. The van der Waals surface area contributed by atoms with Gasteiger partial charge >= 0.3 is 0 Å². The van der Waals surface area contributed by atoms with Crippen LogP contribution in [0.4, 0.5) is 0 Å². The number of benzene rings is 1. The first-order chi connectivity index (χ1) is 10.8. The third kappa shape index (κ3) is 3.00. The second-order valence-corrected chi connectivity index (χ2v) is 5.21. The number of hydrogen-bond donors (Lipinski definition) is 1. The molecule has 0 unspecified atom stereocenters. The summed E-state index contributed by atoms with van der Waals surface area (Å²) in [4.78, 5) is 18.8. The van der Waals surface area contributed by atoms with Gasteiger partial charge in [-0.3, -0.25) is 9.78 Å². The molecule has 2 aromatic rings. The van der Waals surface area contributed by atoms with E-state index < -0.39 is 0 Å². The molecule has 5 heteroatoms. The number of rotatable bonds is 3. The number of morpholine rings is 1. The molecule has 0 atom stereocenters. The molecule has 3 rings (SSSR count). The van der Waals surface area contributed by atoms with Crippen LogP contribution in [0.5, 0.6) is 0 Å². The minimum absolute atomic E-state index is 0.0444. The Kier molecular flexibility index (Phi) is 4.46. The number of pyridine rings is 1. The van der Waals surface area contributed by atoms with Crippen molar-refractivity contribution in [2.75, 3.05) is 26.3 Å². The van der Waals surface area contributed by atoms with E-state index in [9.17, 15) is 4.79 Å². The van der Waals surface area contributed by atoms with Gasteiger partial charge in [0, 0.05) is 31.4 Å². The van der Waals surface area contributed by atoms with Gasteiger partial charge in [-0.1, -0.05) is 24.3 Å². The fourth-order valence-corrected chi connectivity index (χ4v) is 2.59. The van der Waals surface area contributed by atoms with Gasteiger partial charge in [0.15, 0.2) is 0 Å². The van der Waals surface area contributed by atoms with Crippen LogP contribution in [0.25, 0.3) is 11.1 Å². The van der Waals surface area contributed by atoms with E-state index in [-0.39, 0.29) is 5.91 Å². The minimum Gasteiger partial charge on any atom is -0.378 e. The highest BCUT2D eigenvalue weighted by Crippen LogP contribution is 2.24. The smallest absolute Gasteiger partial charge is 0.273 e. The summed E-state index contributed by atoms with van der Waals surface area (Å²) < 4.78 is 5.30. The SMILES string of the molecule is NCc1cccc(-c2cccnc2C(=O)N2CCOCC2)c1. The van der Waals surface area contributed by atoms with Gasteiger partial charge in [-0.25, -0.2) is 0 Å². The number of hydrogen-bond acceptors (Lipinski definition) is 4. The summed E-state index contributed by atoms with van der Waals surface area (Å²) in [6, 6.07) is 11.7. The number of carbonyl (C=O) groups excluding carboxylic acids is 1. The fraction of sp³-hybridized carbons (Fsp3) is 0.294. The Labute approximate surface area is 129 Å². The average Bonchev–Trinajstić information content (AvgIpc) is 2.62. The van der Waals surface area contributed by atoms with E-state index in [1.165, 1.54) is 0 Å². The largest absolute Gasteiger partial charge is 0.378 e. The first-order valence-electron chi connectivity index (χ1n) is 7.41. The summed E-state index contributed by atoms with van der Waals surface area (Å²) >= 11 is 0. The predicted molar refractivity (Wildman–Crippen MR) is 84.3 cm³/mol. The molecule has 1 aromatic carbocycles. The molecule has 1 amide bonds. The van der Waals surface area contributed by atoms with E-state index in [4.69, 9.17) is 10.5 Å². The summed E-state index contributed by atoms with van der Waals surface area (Å²) in [5.41, 5.74) is 9.03.